The van der Waals surface area contributed by atoms with Gasteiger partial charge >= 0.3 is 0 Å². The van der Waals surface area contributed by atoms with Crippen molar-refractivity contribution in [3.05, 3.63) is 48.0 Å². The predicted molar refractivity (Wildman–Crippen MR) is 159 cm³/mol. The number of nitrogens with zero attached hydrogens (tertiary/aromatic N) is 1. The third kappa shape index (κ3) is 12.8. The molecule has 4 atom stereocenters. The maximum Gasteiger partial charge on any atom is 0.243 e. The summed E-state index contributed by atoms with van der Waals surface area (Å²) in [5, 5.41) is 27.6. The van der Waals surface area contributed by atoms with Crippen molar-refractivity contribution < 1.29 is 24.3 Å². The molecule has 0 saturated carbocycles. The first kappa shape index (κ1) is 34.5. The first-order chi connectivity index (χ1) is 20.5. The minimum absolute atomic E-state index is 0.0113. The highest BCUT2D eigenvalue weighted by Gasteiger charge is 2.30. The molecule has 0 radical (unpaired) electrons. The van der Waals surface area contributed by atoms with Gasteiger partial charge in [-0.3, -0.25) is 24.6 Å². The van der Waals surface area contributed by atoms with E-state index in [0.717, 1.165) is 0 Å². The number of H-pyrrole nitrogens is 1. The summed E-state index contributed by atoms with van der Waals surface area (Å²) in [7, 11) is 0. The van der Waals surface area contributed by atoms with E-state index in [9.17, 15) is 24.3 Å². The highest BCUT2D eigenvalue weighted by molar-refractivity contribution is 5.94. The highest BCUT2D eigenvalue weighted by atomic mass is 16.3. The Bertz CT molecular complexity index is 1190. The van der Waals surface area contributed by atoms with Gasteiger partial charge in [-0.2, -0.15) is 0 Å². The molecule has 2 aromatic rings. The minimum Gasteiger partial charge on any atom is -0.508 e. The van der Waals surface area contributed by atoms with Crippen LogP contribution in [0, 0.1) is 5.41 Å². The Morgan fingerprint density at radius 1 is 0.884 bits per heavy atom. The first-order valence-electron chi connectivity index (χ1n) is 14.0. The molecule has 16 nitrogen and oxygen atoms in total. The molecule has 43 heavy (non-hydrogen) atoms. The van der Waals surface area contributed by atoms with Crippen molar-refractivity contribution in [1.29, 1.82) is 5.41 Å². The van der Waals surface area contributed by atoms with Crippen LogP contribution in [0.25, 0.3) is 0 Å². The van der Waals surface area contributed by atoms with Crippen LogP contribution in [0.5, 0.6) is 5.75 Å². The summed E-state index contributed by atoms with van der Waals surface area (Å²) < 4.78 is 0. The fraction of sp³-hybridized carbons (Fsp3) is 0.481. The van der Waals surface area contributed by atoms with Crippen LogP contribution in [0.3, 0.4) is 0 Å². The van der Waals surface area contributed by atoms with Gasteiger partial charge in [0.05, 0.1) is 18.1 Å². The van der Waals surface area contributed by atoms with Gasteiger partial charge < -0.3 is 54.3 Å². The summed E-state index contributed by atoms with van der Waals surface area (Å²) in [6.45, 7) is 0.675. The van der Waals surface area contributed by atoms with Crippen LogP contribution in [0.15, 0.2) is 36.8 Å². The lowest BCUT2D eigenvalue weighted by Crippen LogP contribution is -2.58. The number of hydrogen-bond acceptors (Lipinski definition) is 9. The highest BCUT2D eigenvalue weighted by Crippen LogP contribution is 2.12. The van der Waals surface area contributed by atoms with Gasteiger partial charge in [0.2, 0.25) is 23.6 Å². The van der Waals surface area contributed by atoms with Gasteiger partial charge in [-0.1, -0.05) is 12.1 Å². The number of nitrogens with two attached hydrogens (primary N) is 4. The third-order valence-corrected chi connectivity index (χ3v) is 6.55. The Kier molecular flexibility index (Phi) is 14.4. The van der Waals surface area contributed by atoms with Crippen molar-refractivity contribution in [2.24, 2.45) is 22.9 Å². The Balaban J connectivity index is 2.23. The first-order valence-corrected chi connectivity index (χ1v) is 14.0. The number of hydrogen-bond donors (Lipinski definition) is 11. The van der Waals surface area contributed by atoms with E-state index in [1.54, 1.807) is 18.3 Å². The fourth-order valence-electron chi connectivity index (χ4n) is 4.20. The maximum absolute atomic E-state index is 13.5. The van der Waals surface area contributed by atoms with Gasteiger partial charge in [-0.05, 0) is 56.3 Å². The molecule has 1 aromatic heterocycles. The van der Waals surface area contributed by atoms with Crippen LogP contribution in [0.2, 0.25) is 0 Å². The number of unbranched alkanes of at least 4 members (excludes halogenated alkanes) is 1. The van der Waals surface area contributed by atoms with Gasteiger partial charge in [0.25, 0.3) is 0 Å². The maximum atomic E-state index is 13.5. The molecule has 0 unspecified atom stereocenters. The Morgan fingerprint density at radius 2 is 1.51 bits per heavy atom. The molecular weight excluding hydrogens is 558 g/mol. The van der Waals surface area contributed by atoms with Crippen LogP contribution in [0.4, 0.5) is 0 Å². The number of phenols is 1. The van der Waals surface area contributed by atoms with Gasteiger partial charge in [0.15, 0.2) is 5.96 Å². The van der Waals surface area contributed by atoms with Crippen molar-refractivity contribution in [3.63, 3.8) is 0 Å². The number of carbonyl (C=O) groups excluding carboxylic acids is 4. The minimum atomic E-state index is -1.17. The third-order valence-electron chi connectivity index (χ3n) is 6.55. The number of imidazole rings is 1. The number of phenolic OH excluding ortho intramolecular Hbond substituents is 1. The standard InChI is InChI=1S/C27H43N11O5/c28-10-2-1-4-20(23(30)40)36-26(43)22(12-16-6-8-18(39)9-7-16)38-25(42)21(5-3-11-34-27(31)32)37-24(41)19(29)13-17-14-33-15-35-17/h6-9,14-15,19-22,39H,1-5,10-13,28-29H2,(H2,30,40)(H,33,35)(H,36,43)(H,37,41)(H,38,42)(H4,31,32,34)/t19-,20-,21-,22-/m0/s1. The molecule has 0 fully saturated rings. The molecule has 16 heteroatoms. The SMILES string of the molecule is N=C(N)NCCC[C@H](NC(=O)[C@@H](N)Cc1c[nH]cn1)C(=O)N[C@@H](Cc1ccc(O)cc1)C(=O)N[C@@H](CCCCN)C(N)=O. The molecule has 2 rings (SSSR count). The van der Waals surface area contributed by atoms with E-state index in [1.807, 2.05) is 0 Å². The molecule has 1 heterocycles. The Morgan fingerprint density at radius 3 is 2.12 bits per heavy atom. The number of aromatic amines is 1. The number of guanidine groups is 1. The lowest BCUT2D eigenvalue weighted by Gasteiger charge is -2.25. The molecule has 1 aromatic carbocycles. The fourth-order valence-corrected chi connectivity index (χ4v) is 4.20. The van der Waals surface area contributed by atoms with Crippen LogP contribution in [-0.4, -0.2) is 81.9 Å². The van der Waals surface area contributed by atoms with E-state index >= 15 is 0 Å². The zero-order chi connectivity index (χ0) is 31.8. The molecule has 0 bridgehead atoms. The zero-order valence-electron chi connectivity index (χ0n) is 24.0. The van der Waals surface area contributed by atoms with Gasteiger partial charge in [-0.25, -0.2) is 4.98 Å². The van der Waals surface area contributed by atoms with Gasteiger partial charge in [0, 0.05) is 25.6 Å². The van der Waals surface area contributed by atoms with Gasteiger partial charge in [0.1, 0.15) is 23.9 Å². The lowest BCUT2D eigenvalue weighted by atomic mass is 10.0. The second-order valence-electron chi connectivity index (χ2n) is 10.1. The van der Waals surface area contributed by atoms with Crippen LogP contribution in [0.1, 0.15) is 43.4 Å². The van der Waals surface area contributed by atoms with E-state index in [-0.39, 0.29) is 43.9 Å². The van der Waals surface area contributed by atoms with Gasteiger partial charge in [-0.15, -0.1) is 0 Å². The van der Waals surface area contributed by atoms with E-state index in [0.29, 0.717) is 37.1 Å². The number of aromatic nitrogens is 2. The molecule has 236 valence electrons. The second kappa shape index (κ2) is 18.0. The number of primary amides is 1. The Labute approximate surface area is 249 Å². The Hall–Kier alpha value is -4.70. The number of amides is 4. The molecule has 0 aliphatic carbocycles. The molecular formula is C27H43N11O5. The largest absolute Gasteiger partial charge is 0.508 e. The summed E-state index contributed by atoms with van der Waals surface area (Å²) in [5.74, 6) is -2.87. The molecule has 15 N–H and O–H groups in total. The summed E-state index contributed by atoms with van der Waals surface area (Å²) in [6, 6.07) is 1.82. The van der Waals surface area contributed by atoms with Crippen LogP contribution in [-0.2, 0) is 32.0 Å². The molecule has 0 spiro atoms. The van der Waals surface area contributed by atoms with Crippen molar-refractivity contribution in [1.82, 2.24) is 31.2 Å². The average molecular weight is 602 g/mol. The van der Waals surface area contributed by atoms with Crippen LogP contribution >= 0.6 is 0 Å². The van der Waals surface area contributed by atoms with E-state index < -0.39 is 47.8 Å². The van der Waals surface area contributed by atoms with E-state index in [2.05, 4.69) is 31.2 Å². The number of nitrogens with one attached hydrogen (secondary N) is 6. The molecule has 0 saturated heterocycles. The molecule has 4 amide bonds. The summed E-state index contributed by atoms with van der Waals surface area (Å²) >= 11 is 0. The second-order valence-corrected chi connectivity index (χ2v) is 10.1. The van der Waals surface area contributed by atoms with Crippen molar-refractivity contribution in [2.75, 3.05) is 13.1 Å². The molecule has 0 aliphatic heterocycles. The van der Waals surface area contributed by atoms with E-state index in [1.165, 1.54) is 18.5 Å². The zero-order valence-corrected chi connectivity index (χ0v) is 24.0. The van der Waals surface area contributed by atoms with Crippen molar-refractivity contribution >= 4 is 29.6 Å². The van der Waals surface area contributed by atoms with Crippen LogP contribution < -0.4 is 44.2 Å². The monoisotopic (exact) mass is 601 g/mol. The van der Waals surface area contributed by atoms with E-state index in [4.69, 9.17) is 28.3 Å². The number of carbonyl (C=O) groups is 4. The quantitative estimate of drug-likeness (QED) is 0.0459. The number of rotatable bonds is 19. The summed E-state index contributed by atoms with van der Waals surface area (Å²) in [5.41, 5.74) is 23.6. The number of aromatic hydroxyl groups is 1. The number of benzene rings is 1. The summed E-state index contributed by atoms with van der Waals surface area (Å²) in [6.07, 6.45) is 5.13. The van der Waals surface area contributed by atoms with Crippen molar-refractivity contribution in [2.45, 2.75) is 69.1 Å². The molecule has 0 aliphatic rings. The lowest BCUT2D eigenvalue weighted by molar-refractivity contribution is -0.133. The topological polar surface area (TPSA) is 293 Å². The average Bonchev–Trinajstić information content (AvgIpc) is 3.47. The van der Waals surface area contributed by atoms with Crippen molar-refractivity contribution in [3.8, 4) is 5.75 Å². The predicted octanol–water partition coefficient (Wildman–Crippen LogP) is -2.44. The smallest absolute Gasteiger partial charge is 0.243 e. The summed E-state index contributed by atoms with van der Waals surface area (Å²) in [4.78, 5) is 58.7. The normalized spacial score (nSPS) is 13.6.